The van der Waals surface area contributed by atoms with Crippen LogP contribution in [0.15, 0.2) is 52.4 Å². The molecule has 0 N–H and O–H groups in total. The second-order valence-corrected chi connectivity index (χ2v) is 11.1. The molecule has 1 heterocycles. The normalized spacial score (nSPS) is 13.0. The maximum absolute atomic E-state index is 12.8. The molecule has 0 atom stereocenters. The Morgan fingerprint density at radius 2 is 1.83 bits per heavy atom. The molecular formula is C22H26N2O3S2. The highest BCUT2D eigenvalue weighted by Crippen LogP contribution is 2.24. The number of carbonyl (C=O) groups excluding carboxylic acids is 1. The van der Waals surface area contributed by atoms with Crippen LogP contribution in [0.2, 0.25) is 0 Å². The number of nitrogens with zero attached hydrogens (tertiary/aromatic N) is 2. The van der Waals surface area contributed by atoms with Gasteiger partial charge < -0.3 is 4.57 Å². The van der Waals surface area contributed by atoms with Gasteiger partial charge in [-0.25, -0.2) is 8.42 Å². The van der Waals surface area contributed by atoms with E-state index < -0.39 is 21.0 Å². The molecule has 5 nitrogen and oxygen atoms in total. The average molecular weight is 431 g/mol. The Morgan fingerprint density at radius 3 is 2.45 bits per heavy atom. The molecule has 154 valence electrons. The Morgan fingerprint density at radius 1 is 1.10 bits per heavy atom. The lowest BCUT2D eigenvalue weighted by Gasteiger charge is -2.08. The van der Waals surface area contributed by atoms with Crippen molar-refractivity contribution >= 4 is 37.3 Å². The number of carbonyl (C=O) groups is 1. The average Bonchev–Trinajstić information content (AvgIpc) is 3.03. The quantitative estimate of drug-likeness (QED) is 0.585. The molecule has 0 fully saturated rings. The predicted molar refractivity (Wildman–Crippen MR) is 118 cm³/mol. The monoisotopic (exact) mass is 430 g/mol. The summed E-state index contributed by atoms with van der Waals surface area (Å²) < 4.78 is 27.9. The second kappa shape index (κ2) is 8.24. The van der Waals surface area contributed by atoms with E-state index in [-0.39, 0.29) is 10.5 Å². The Balaban J connectivity index is 2.09. The zero-order valence-electron chi connectivity index (χ0n) is 17.3. The maximum Gasteiger partial charge on any atom is 0.279 e. The van der Waals surface area contributed by atoms with Crippen LogP contribution in [-0.2, 0) is 16.4 Å². The number of hydrogen-bond donors (Lipinski definition) is 0. The minimum absolute atomic E-state index is 0.148. The summed E-state index contributed by atoms with van der Waals surface area (Å²) in [5, 5.41) is -0.551. The van der Waals surface area contributed by atoms with Crippen molar-refractivity contribution in [2.75, 3.05) is 0 Å². The number of aromatic nitrogens is 1. The van der Waals surface area contributed by atoms with E-state index in [0.29, 0.717) is 17.3 Å². The highest BCUT2D eigenvalue weighted by atomic mass is 32.2. The van der Waals surface area contributed by atoms with Gasteiger partial charge in [0.15, 0.2) is 14.6 Å². The van der Waals surface area contributed by atoms with Gasteiger partial charge in [-0.05, 0) is 62.6 Å². The lowest BCUT2D eigenvalue weighted by atomic mass is 10.0. The van der Waals surface area contributed by atoms with Gasteiger partial charge in [0.1, 0.15) is 0 Å². The smallest absolute Gasteiger partial charge is 0.279 e. The van der Waals surface area contributed by atoms with E-state index >= 15 is 0 Å². The summed E-state index contributed by atoms with van der Waals surface area (Å²) in [6.45, 7) is 10.3. The van der Waals surface area contributed by atoms with E-state index in [0.717, 1.165) is 10.2 Å². The minimum Gasteiger partial charge on any atom is -0.317 e. The minimum atomic E-state index is -3.45. The first kappa shape index (κ1) is 21.5. The summed E-state index contributed by atoms with van der Waals surface area (Å²) in [7, 11) is -3.45. The lowest BCUT2D eigenvalue weighted by molar-refractivity contribution is 0.0997. The fourth-order valence-corrected chi connectivity index (χ4v) is 5.31. The summed E-state index contributed by atoms with van der Waals surface area (Å²) in [6.07, 6.45) is 0. The number of aryl methyl sites for hydroxylation is 1. The molecule has 2 aromatic carbocycles. The van der Waals surface area contributed by atoms with Crippen LogP contribution >= 0.6 is 11.3 Å². The number of amides is 1. The van der Waals surface area contributed by atoms with E-state index in [1.165, 1.54) is 29.0 Å². The van der Waals surface area contributed by atoms with Crippen LogP contribution in [-0.4, -0.2) is 24.1 Å². The van der Waals surface area contributed by atoms with Crippen molar-refractivity contribution in [3.05, 3.63) is 58.4 Å². The van der Waals surface area contributed by atoms with Crippen LogP contribution in [0.4, 0.5) is 0 Å². The van der Waals surface area contributed by atoms with Crippen LogP contribution in [0.1, 0.15) is 56.5 Å². The van der Waals surface area contributed by atoms with Crippen LogP contribution < -0.4 is 4.80 Å². The number of fused-ring (bicyclic) bond motifs is 1. The number of rotatable bonds is 5. The van der Waals surface area contributed by atoms with Gasteiger partial charge in [0.25, 0.3) is 5.91 Å². The van der Waals surface area contributed by atoms with Crippen LogP contribution in [0.25, 0.3) is 10.2 Å². The van der Waals surface area contributed by atoms with E-state index in [9.17, 15) is 13.2 Å². The van der Waals surface area contributed by atoms with Gasteiger partial charge in [-0.1, -0.05) is 37.3 Å². The summed E-state index contributed by atoms with van der Waals surface area (Å²) in [5.41, 5.74) is 2.56. The summed E-state index contributed by atoms with van der Waals surface area (Å²) in [5.74, 6) is -0.0205. The van der Waals surface area contributed by atoms with Crippen LogP contribution in [0.5, 0.6) is 0 Å². The molecule has 1 aromatic heterocycles. The van der Waals surface area contributed by atoms with E-state index in [1.807, 2.05) is 11.5 Å². The molecule has 0 radical (unpaired) electrons. The largest absolute Gasteiger partial charge is 0.317 e. The Hall–Kier alpha value is -2.25. The van der Waals surface area contributed by atoms with Crippen molar-refractivity contribution in [3.63, 3.8) is 0 Å². The Kier molecular flexibility index (Phi) is 6.10. The molecular weight excluding hydrogens is 404 g/mol. The SMILES string of the molecule is CCn1c(=NC(=O)c2cccc(S(=O)(=O)C(C)C)c2)sc2cc(C(C)C)ccc21. The zero-order valence-corrected chi connectivity index (χ0v) is 19.0. The summed E-state index contributed by atoms with van der Waals surface area (Å²) in [6, 6.07) is 12.5. The second-order valence-electron chi connectivity index (χ2n) is 7.55. The first-order valence-corrected chi connectivity index (χ1v) is 12.1. The van der Waals surface area contributed by atoms with Crippen molar-refractivity contribution in [2.24, 2.45) is 4.99 Å². The maximum atomic E-state index is 12.8. The van der Waals surface area contributed by atoms with Gasteiger partial charge in [0, 0.05) is 12.1 Å². The molecule has 0 aliphatic carbocycles. The molecule has 7 heteroatoms. The number of sulfone groups is 1. The number of thiazole rings is 1. The third-order valence-corrected chi connectivity index (χ3v) is 8.11. The van der Waals surface area contributed by atoms with Gasteiger partial charge in [0.2, 0.25) is 0 Å². The number of benzene rings is 2. The highest BCUT2D eigenvalue weighted by Gasteiger charge is 2.20. The van der Waals surface area contributed by atoms with Crippen molar-refractivity contribution < 1.29 is 13.2 Å². The molecule has 3 rings (SSSR count). The van der Waals surface area contributed by atoms with Crippen LogP contribution in [0, 0.1) is 0 Å². The van der Waals surface area contributed by atoms with E-state index in [2.05, 4.69) is 37.0 Å². The molecule has 0 aliphatic rings. The number of hydrogen-bond acceptors (Lipinski definition) is 4. The third-order valence-electron chi connectivity index (χ3n) is 4.92. The molecule has 0 unspecified atom stereocenters. The van der Waals surface area contributed by atoms with Gasteiger partial charge in [-0.2, -0.15) is 4.99 Å². The Labute approximate surface area is 175 Å². The lowest BCUT2D eigenvalue weighted by Crippen LogP contribution is -2.17. The van der Waals surface area contributed by atoms with E-state index in [1.54, 1.807) is 26.0 Å². The molecule has 0 spiro atoms. The van der Waals surface area contributed by atoms with Gasteiger partial charge >= 0.3 is 0 Å². The van der Waals surface area contributed by atoms with Crippen molar-refractivity contribution in [1.82, 2.24) is 4.57 Å². The fraction of sp³-hybridized carbons (Fsp3) is 0.364. The van der Waals surface area contributed by atoms with Crippen molar-refractivity contribution in [3.8, 4) is 0 Å². The van der Waals surface area contributed by atoms with E-state index in [4.69, 9.17) is 0 Å². The summed E-state index contributed by atoms with van der Waals surface area (Å²) in [4.78, 5) is 17.9. The van der Waals surface area contributed by atoms with Gasteiger partial charge in [0.05, 0.1) is 20.4 Å². The van der Waals surface area contributed by atoms with Crippen LogP contribution in [0.3, 0.4) is 0 Å². The molecule has 0 bridgehead atoms. The highest BCUT2D eigenvalue weighted by molar-refractivity contribution is 7.92. The molecule has 1 amide bonds. The third kappa shape index (κ3) is 4.21. The van der Waals surface area contributed by atoms with Gasteiger partial charge in [-0.3, -0.25) is 4.79 Å². The molecule has 0 saturated heterocycles. The molecule has 3 aromatic rings. The zero-order chi connectivity index (χ0) is 21.3. The molecule has 29 heavy (non-hydrogen) atoms. The first-order valence-electron chi connectivity index (χ1n) is 9.71. The standard InChI is InChI=1S/C22H26N2O3S2/c1-6-24-19-11-10-16(14(2)3)13-20(19)28-22(24)23-21(25)17-8-7-9-18(12-17)29(26,27)15(4)5/h7-15H,6H2,1-5H3. The fourth-order valence-electron chi connectivity index (χ4n) is 3.07. The topological polar surface area (TPSA) is 68.5 Å². The van der Waals surface area contributed by atoms with Crippen molar-refractivity contribution in [1.29, 1.82) is 0 Å². The summed E-state index contributed by atoms with van der Waals surface area (Å²) >= 11 is 1.47. The van der Waals surface area contributed by atoms with Crippen molar-refractivity contribution in [2.45, 2.75) is 57.2 Å². The Bertz CT molecular complexity index is 1230. The predicted octanol–water partition coefficient (Wildman–Crippen LogP) is 4.77. The van der Waals surface area contributed by atoms with Gasteiger partial charge in [-0.15, -0.1) is 0 Å². The molecule has 0 aliphatic heterocycles. The first-order chi connectivity index (χ1) is 13.6. The molecule has 0 saturated carbocycles.